The number of amides is 3. The van der Waals surface area contributed by atoms with Gasteiger partial charge >= 0.3 is 12.0 Å². The summed E-state index contributed by atoms with van der Waals surface area (Å²) in [7, 11) is 0. The fourth-order valence-corrected chi connectivity index (χ4v) is 2.89. The predicted molar refractivity (Wildman–Crippen MR) is 112 cm³/mol. The number of esters is 1. The van der Waals surface area contributed by atoms with Gasteiger partial charge in [-0.2, -0.15) is 0 Å². The third-order valence-electron chi connectivity index (χ3n) is 4.47. The Morgan fingerprint density at radius 3 is 2.63 bits per heavy atom. The number of aryl methyl sites for hydroxylation is 2. The van der Waals surface area contributed by atoms with Gasteiger partial charge in [-0.1, -0.05) is 25.5 Å². The van der Waals surface area contributed by atoms with Crippen LogP contribution in [0.4, 0.5) is 4.79 Å². The van der Waals surface area contributed by atoms with E-state index in [9.17, 15) is 19.2 Å². The van der Waals surface area contributed by atoms with Crippen LogP contribution >= 0.6 is 0 Å². The number of imide groups is 1. The summed E-state index contributed by atoms with van der Waals surface area (Å²) in [4.78, 5) is 52.7. The summed E-state index contributed by atoms with van der Waals surface area (Å²) in [5, 5.41) is 4.50. The van der Waals surface area contributed by atoms with E-state index >= 15 is 0 Å². The number of unbranched alkanes of at least 4 members (excludes halogenated alkanes) is 1. The summed E-state index contributed by atoms with van der Waals surface area (Å²) in [5.41, 5.74) is 1.50. The second-order valence-corrected chi connectivity index (χ2v) is 6.84. The molecule has 2 N–H and O–H groups in total. The highest BCUT2D eigenvalue weighted by atomic mass is 16.5. The number of carbonyl (C=O) groups excluding carboxylic acids is 3. The molecule has 0 aliphatic heterocycles. The number of para-hydroxylation sites is 2. The highest BCUT2D eigenvalue weighted by molar-refractivity contribution is 5.97. The number of ether oxygens (including phenoxy) is 1. The molecule has 0 radical (unpaired) electrons. The fourth-order valence-electron chi connectivity index (χ4n) is 2.89. The van der Waals surface area contributed by atoms with Crippen molar-refractivity contribution >= 4 is 28.9 Å². The van der Waals surface area contributed by atoms with Crippen LogP contribution in [0.1, 0.15) is 45.7 Å². The number of nitrogens with zero attached hydrogens (tertiary/aromatic N) is 2. The molecule has 3 amide bonds. The summed E-state index contributed by atoms with van der Waals surface area (Å²) in [5.74, 6) is -1.37. The first kappa shape index (κ1) is 23.1. The Bertz CT molecular complexity index is 970. The maximum absolute atomic E-state index is 12.9. The first-order chi connectivity index (χ1) is 14.4. The van der Waals surface area contributed by atoms with E-state index in [0.29, 0.717) is 18.6 Å². The monoisotopic (exact) mass is 416 g/mol. The smallest absolute Gasteiger partial charge is 0.321 e. The summed E-state index contributed by atoms with van der Waals surface area (Å²) in [6.07, 6.45) is 0.659. The standard InChI is InChI=1S/C21H28N4O5/c1-4-6-13-25-17-10-8-7-9-15(17)23-16(20(25)28)11-12-18(26)30-14(3)19(27)24-21(29)22-5-2/h7-10,14H,4-6,11-13H2,1-3H3,(H2,22,24,27,29)/t14-/m1/s1. The van der Waals surface area contributed by atoms with Crippen molar-refractivity contribution < 1.29 is 19.1 Å². The van der Waals surface area contributed by atoms with Crippen molar-refractivity contribution in [3.63, 3.8) is 0 Å². The van der Waals surface area contributed by atoms with Gasteiger partial charge in [0.15, 0.2) is 6.10 Å². The summed E-state index contributed by atoms with van der Waals surface area (Å²) in [6.45, 7) is 6.08. The van der Waals surface area contributed by atoms with E-state index in [0.717, 1.165) is 18.4 Å². The van der Waals surface area contributed by atoms with E-state index in [1.54, 1.807) is 11.5 Å². The molecule has 9 heteroatoms. The lowest BCUT2D eigenvalue weighted by Crippen LogP contribution is -2.44. The summed E-state index contributed by atoms with van der Waals surface area (Å²) in [6, 6.07) is 6.73. The number of carbonyl (C=O) groups is 3. The van der Waals surface area contributed by atoms with Gasteiger partial charge in [0.2, 0.25) is 0 Å². The van der Waals surface area contributed by atoms with Crippen LogP contribution < -0.4 is 16.2 Å². The van der Waals surface area contributed by atoms with Crippen molar-refractivity contribution in [2.75, 3.05) is 6.54 Å². The Morgan fingerprint density at radius 2 is 1.93 bits per heavy atom. The Balaban J connectivity index is 2.05. The minimum absolute atomic E-state index is 0.0965. The van der Waals surface area contributed by atoms with E-state index in [1.807, 2.05) is 24.3 Å². The van der Waals surface area contributed by atoms with Crippen molar-refractivity contribution in [1.82, 2.24) is 20.2 Å². The van der Waals surface area contributed by atoms with Crippen LogP contribution in [0.3, 0.4) is 0 Å². The fraction of sp³-hybridized carbons (Fsp3) is 0.476. The topological polar surface area (TPSA) is 119 Å². The zero-order chi connectivity index (χ0) is 22.1. The third-order valence-corrected chi connectivity index (χ3v) is 4.47. The minimum Gasteiger partial charge on any atom is -0.453 e. The maximum atomic E-state index is 12.9. The zero-order valence-corrected chi connectivity index (χ0v) is 17.6. The number of nitrogens with one attached hydrogen (secondary N) is 2. The molecule has 2 rings (SSSR count). The lowest BCUT2D eigenvalue weighted by atomic mass is 10.2. The molecule has 2 aromatic rings. The summed E-state index contributed by atoms with van der Waals surface area (Å²) >= 11 is 0. The molecule has 0 saturated carbocycles. The third kappa shape index (κ3) is 6.13. The molecule has 1 aromatic carbocycles. The van der Waals surface area contributed by atoms with Gasteiger partial charge in [-0.15, -0.1) is 0 Å². The number of fused-ring (bicyclic) bond motifs is 1. The lowest BCUT2D eigenvalue weighted by Gasteiger charge is -2.14. The Morgan fingerprint density at radius 1 is 1.20 bits per heavy atom. The zero-order valence-electron chi connectivity index (χ0n) is 17.6. The van der Waals surface area contributed by atoms with Crippen LogP contribution in [0.25, 0.3) is 11.0 Å². The van der Waals surface area contributed by atoms with Crippen LogP contribution in [-0.2, 0) is 27.3 Å². The normalized spacial score (nSPS) is 11.7. The van der Waals surface area contributed by atoms with Gasteiger partial charge in [0.25, 0.3) is 11.5 Å². The van der Waals surface area contributed by atoms with Gasteiger partial charge in [0, 0.05) is 19.5 Å². The highest BCUT2D eigenvalue weighted by Gasteiger charge is 2.20. The van der Waals surface area contributed by atoms with E-state index < -0.39 is 24.0 Å². The first-order valence-electron chi connectivity index (χ1n) is 10.1. The van der Waals surface area contributed by atoms with Crippen molar-refractivity contribution in [2.24, 2.45) is 0 Å². The number of hydrogen-bond donors (Lipinski definition) is 2. The van der Waals surface area contributed by atoms with Crippen molar-refractivity contribution in [3.8, 4) is 0 Å². The van der Waals surface area contributed by atoms with Gasteiger partial charge < -0.3 is 14.6 Å². The summed E-state index contributed by atoms with van der Waals surface area (Å²) < 4.78 is 6.76. The number of urea groups is 1. The molecule has 0 spiro atoms. The maximum Gasteiger partial charge on any atom is 0.321 e. The SMILES string of the molecule is CCCCn1c(=O)c(CCC(=O)O[C@H](C)C(=O)NC(=O)NCC)nc2ccccc21. The number of hydrogen-bond acceptors (Lipinski definition) is 6. The Labute approximate surface area is 174 Å². The lowest BCUT2D eigenvalue weighted by molar-refractivity contribution is -0.154. The van der Waals surface area contributed by atoms with Crippen molar-refractivity contribution in [2.45, 2.75) is 59.1 Å². The molecule has 1 aromatic heterocycles. The molecular weight excluding hydrogens is 388 g/mol. The molecule has 0 aliphatic rings. The van der Waals surface area contributed by atoms with Crippen LogP contribution in [-0.4, -0.2) is 40.1 Å². The van der Waals surface area contributed by atoms with E-state index in [-0.39, 0.29) is 24.1 Å². The Hall–Kier alpha value is -3.23. The largest absolute Gasteiger partial charge is 0.453 e. The molecule has 1 atom stereocenters. The average Bonchev–Trinajstić information content (AvgIpc) is 2.71. The predicted octanol–water partition coefficient (Wildman–Crippen LogP) is 1.91. The number of aromatic nitrogens is 2. The number of rotatable bonds is 9. The van der Waals surface area contributed by atoms with Crippen LogP contribution in [0.5, 0.6) is 0 Å². The molecular formula is C21H28N4O5. The molecule has 0 bridgehead atoms. The average molecular weight is 416 g/mol. The molecule has 162 valence electrons. The van der Waals surface area contributed by atoms with Gasteiger partial charge in [-0.25, -0.2) is 9.78 Å². The van der Waals surface area contributed by atoms with Gasteiger partial charge in [-0.05, 0) is 32.4 Å². The first-order valence-corrected chi connectivity index (χ1v) is 10.1. The van der Waals surface area contributed by atoms with Gasteiger partial charge in [0.1, 0.15) is 5.69 Å². The van der Waals surface area contributed by atoms with E-state index in [4.69, 9.17) is 4.74 Å². The molecule has 9 nitrogen and oxygen atoms in total. The molecule has 1 heterocycles. The second kappa shape index (κ2) is 11.1. The van der Waals surface area contributed by atoms with Crippen molar-refractivity contribution in [3.05, 3.63) is 40.3 Å². The number of benzene rings is 1. The molecule has 0 unspecified atom stereocenters. The Kier molecular flexibility index (Phi) is 8.52. The highest BCUT2D eigenvalue weighted by Crippen LogP contribution is 2.12. The minimum atomic E-state index is -1.13. The van der Waals surface area contributed by atoms with Gasteiger partial charge in [0.05, 0.1) is 17.5 Å². The van der Waals surface area contributed by atoms with Gasteiger partial charge in [-0.3, -0.25) is 19.7 Å². The van der Waals surface area contributed by atoms with E-state index in [1.165, 1.54) is 6.92 Å². The van der Waals surface area contributed by atoms with Crippen LogP contribution in [0.2, 0.25) is 0 Å². The molecule has 0 aliphatic carbocycles. The van der Waals surface area contributed by atoms with Crippen LogP contribution in [0, 0.1) is 0 Å². The molecule has 30 heavy (non-hydrogen) atoms. The quantitative estimate of drug-likeness (QED) is 0.603. The molecule has 0 saturated heterocycles. The van der Waals surface area contributed by atoms with Crippen molar-refractivity contribution in [1.29, 1.82) is 0 Å². The second-order valence-electron chi connectivity index (χ2n) is 6.84. The molecule has 0 fully saturated rings. The van der Waals surface area contributed by atoms with E-state index in [2.05, 4.69) is 22.5 Å². The van der Waals surface area contributed by atoms with Crippen LogP contribution in [0.15, 0.2) is 29.1 Å².